The molecule has 2 rings (SSSR count). The van der Waals surface area contributed by atoms with Gasteiger partial charge in [-0.3, -0.25) is 9.10 Å². The Hall–Kier alpha value is -2.45. The fraction of sp³-hybridized carbons (Fsp3) is 0.316. The van der Waals surface area contributed by atoms with E-state index in [1.54, 1.807) is 50.4 Å². The third-order valence-electron chi connectivity index (χ3n) is 4.07. The summed E-state index contributed by atoms with van der Waals surface area (Å²) in [6.45, 7) is 1.43. The van der Waals surface area contributed by atoms with Gasteiger partial charge in [-0.25, -0.2) is 8.42 Å². The maximum atomic E-state index is 12.5. The first kappa shape index (κ1) is 21.8. The summed E-state index contributed by atoms with van der Waals surface area (Å²) in [7, 11) is -0.605. The van der Waals surface area contributed by atoms with E-state index < -0.39 is 15.9 Å². The van der Waals surface area contributed by atoms with Crippen molar-refractivity contribution < 1.29 is 22.7 Å². The van der Waals surface area contributed by atoms with Crippen LogP contribution in [0.3, 0.4) is 0 Å². The summed E-state index contributed by atoms with van der Waals surface area (Å²) in [5.74, 6) is 0.666. The van der Waals surface area contributed by atoms with Crippen LogP contribution in [-0.4, -0.2) is 41.3 Å². The summed E-state index contributed by atoms with van der Waals surface area (Å²) in [5.41, 5.74) is 1.11. The first-order chi connectivity index (χ1) is 13.2. The van der Waals surface area contributed by atoms with Gasteiger partial charge in [-0.05, 0) is 42.8 Å². The van der Waals surface area contributed by atoms with Crippen molar-refractivity contribution in [3.8, 4) is 11.5 Å². The Kier molecular flexibility index (Phi) is 7.15. The average molecular weight is 427 g/mol. The molecule has 1 amide bonds. The predicted octanol–water partition coefficient (Wildman–Crippen LogP) is 3.00. The largest absolute Gasteiger partial charge is 0.493 e. The minimum atomic E-state index is -3.67. The van der Waals surface area contributed by atoms with E-state index >= 15 is 0 Å². The van der Waals surface area contributed by atoms with E-state index in [2.05, 4.69) is 5.32 Å². The Bertz CT molecular complexity index is 949. The molecule has 0 saturated carbocycles. The number of amides is 1. The lowest BCUT2D eigenvalue weighted by molar-refractivity contribution is -0.120. The summed E-state index contributed by atoms with van der Waals surface area (Å²) in [6, 6.07) is 11.3. The van der Waals surface area contributed by atoms with Gasteiger partial charge in [-0.1, -0.05) is 23.7 Å². The molecule has 0 aliphatic heterocycles. The number of anilines is 1. The molecule has 0 saturated heterocycles. The highest BCUT2D eigenvalue weighted by molar-refractivity contribution is 7.92. The molecule has 0 heterocycles. The van der Waals surface area contributed by atoms with Crippen molar-refractivity contribution in [1.82, 2.24) is 5.32 Å². The highest BCUT2D eigenvalue weighted by Crippen LogP contribution is 2.30. The summed E-state index contributed by atoms with van der Waals surface area (Å²) in [4.78, 5) is 12.5. The van der Waals surface area contributed by atoms with Crippen LogP contribution >= 0.6 is 11.6 Å². The van der Waals surface area contributed by atoms with Gasteiger partial charge in [-0.2, -0.15) is 0 Å². The normalized spacial score (nSPS) is 12.2. The van der Waals surface area contributed by atoms with Crippen molar-refractivity contribution in [2.75, 3.05) is 31.3 Å². The number of nitrogens with zero attached hydrogens (tertiary/aromatic N) is 1. The van der Waals surface area contributed by atoms with Crippen molar-refractivity contribution in [2.45, 2.75) is 13.0 Å². The predicted molar refractivity (Wildman–Crippen MR) is 110 cm³/mol. The molecule has 0 radical (unpaired) electrons. The number of sulfonamides is 1. The maximum absolute atomic E-state index is 12.5. The highest BCUT2D eigenvalue weighted by atomic mass is 35.5. The number of rotatable bonds is 8. The van der Waals surface area contributed by atoms with Crippen molar-refractivity contribution in [3.05, 3.63) is 53.1 Å². The zero-order chi connectivity index (χ0) is 20.9. The minimum Gasteiger partial charge on any atom is -0.493 e. The van der Waals surface area contributed by atoms with Crippen molar-refractivity contribution in [1.29, 1.82) is 0 Å². The number of hydrogen-bond donors (Lipinski definition) is 1. The molecule has 152 valence electrons. The van der Waals surface area contributed by atoms with Crippen LogP contribution in [0.1, 0.15) is 18.5 Å². The highest BCUT2D eigenvalue weighted by Gasteiger charge is 2.22. The third-order valence-corrected chi connectivity index (χ3v) is 5.44. The van der Waals surface area contributed by atoms with Crippen LogP contribution < -0.4 is 19.1 Å². The molecule has 9 heteroatoms. The van der Waals surface area contributed by atoms with E-state index in [4.69, 9.17) is 21.1 Å². The topological polar surface area (TPSA) is 84.9 Å². The molecular formula is C19H23ClN2O5S. The van der Waals surface area contributed by atoms with E-state index in [1.165, 1.54) is 13.2 Å². The summed E-state index contributed by atoms with van der Waals surface area (Å²) in [5, 5.41) is 3.18. The molecule has 0 unspecified atom stereocenters. The lowest BCUT2D eigenvalue weighted by Gasteiger charge is -2.23. The van der Waals surface area contributed by atoms with Gasteiger partial charge >= 0.3 is 0 Å². The molecule has 0 spiro atoms. The Morgan fingerprint density at radius 2 is 1.82 bits per heavy atom. The summed E-state index contributed by atoms with van der Waals surface area (Å²) in [6.07, 6.45) is 1.04. The molecule has 0 bridgehead atoms. The van der Waals surface area contributed by atoms with Crippen LogP contribution in [0.2, 0.25) is 5.02 Å². The van der Waals surface area contributed by atoms with Gasteiger partial charge in [0.15, 0.2) is 11.5 Å². The first-order valence-corrected chi connectivity index (χ1v) is 10.6. The first-order valence-electron chi connectivity index (χ1n) is 8.40. The number of hydrogen-bond acceptors (Lipinski definition) is 5. The molecule has 2 aromatic rings. The number of methoxy groups -OCH3 is 2. The van der Waals surface area contributed by atoms with E-state index in [-0.39, 0.29) is 12.6 Å². The molecule has 0 aliphatic carbocycles. The Labute approximate surface area is 170 Å². The second kappa shape index (κ2) is 9.16. The molecule has 2 aromatic carbocycles. The molecular weight excluding hydrogens is 404 g/mol. The summed E-state index contributed by atoms with van der Waals surface area (Å²) < 4.78 is 35.8. The monoisotopic (exact) mass is 426 g/mol. The van der Waals surface area contributed by atoms with Crippen LogP contribution in [0.4, 0.5) is 5.69 Å². The molecule has 1 atom stereocenters. The van der Waals surface area contributed by atoms with Crippen LogP contribution in [0, 0.1) is 0 Å². The maximum Gasteiger partial charge on any atom is 0.241 e. The van der Waals surface area contributed by atoms with Gasteiger partial charge in [0.05, 0.1) is 32.2 Å². The second-order valence-electron chi connectivity index (χ2n) is 6.15. The number of halogens is 1. The van der Waals surface area contributed by atoms with Crippen LogP contribution in [0.25, 0.3) is 0 Å². The van der Waals surface area contributed by atoms with Gasteiger partial charge in [0.25, 0.3) is 0 Å². The van der Waals surface area contributed by atoms with Crippen molar-refractivity contribution >= 4 is 33.2 Å². The van der Waals surface area contributed by atoms with Gasteiger partial charge in [0, 0.05) is 5.02 Å². The number of benzene rings is 2. The minimum absolute atomic E-state index is 0.323. The lowest BCUT2D eigenvalue weighted by Crippen LogP contribution is -2.41. The Morgan fingerprint density at radius 1 is 1.14 bits per heavy atom. The van der Waals surface area contributed by atoms with Gasteiger partial charge in [0.2, 0.25) is 15.9 Å². The van der Waals surface area contributed by atoms with E-state index in [1.807, 2.05) is 0 Å². The quantitative estimate of drug-likeness (QED) is 0.701. The molecule has 7 nitrogen and oxygen atoms in total. The average Bonchev–Trinajstić information content (AvgIpc) is 2.64. The molecule has 0 aliphatic rings. The Morgan fingerprint density at radius 3 is 2.39 bits per heavy atom. The third kappa shape index (κ3) is 5.53. The van der Waals surface area contributed by atoms with Crippen LogP contribution in [0.5, 0.6) is 11.5 Å². The smallest absolute Gasteiger partial charge is 0.241 e. The number of carbonyl (C=O) groups is 1. The lowest BCUT2D eigenvalue weighted by atomic mass is 10.1. The zero-order valence-corrected chi connectivity index (χ0v) is 17.7. The standard InChI is InChI=1S/C19H23ClN2O5S/c1-13(14-8-9-17(26-2)18(10-14)27-3)21-19(23)12-22(28(4,24)25)16-7-5-6-15(20)11-16/h5-11,13H,12H2,1-4H3,(H,21,23)/t13-/m0/s1. The number of ether oxygens (including phenoxy) is 2. The van der Waals surface area contributed by atoms with Gasteiger partial charge in [-0.15, -0.1) is 0 Å². The van der Waals surface area contributed by atoms with Gasteiger partial charge < -0.3 is 14.8 Å². The fourth-order valence-corrected chi connectivity index (χ4v) is 3.69. The molecule has 1 N–H and O–H groups in total. The fourth-order valence-electron chi connectivity index (χ4n) is 2.65. The van der Waals surface area contributed by atoms with E-state index in [0.717, 1.165) is 16.1 Å². The van der Waals surface area contributed by atoms with E-state index in [9.17, 15) is 13.2 Å². The zero-order valence-electron chi connectivity index (χ0n) is 16.1. The van der Waals surface area contributed by atoms with Crippen LogP contribution in [0.15, 0.2) is 42.5 Å². The molecule has 0 aromatic heterocycles. The SMILES string of the molecule is COc1ccc([C@H](C)NC(=O)CN(c2cccc(Cl)c2)S(C)(=O)=O)cc1OC. The van der Waals surface area contributed by atoms with Crippen molar-refractivity contribution in [2.24, 2.45) is 0 Å². The molecule has 28 heavy (non-hydrogen) atoms. The summed E-state index contributed by atoms with van der Waals surface area (Å²) >= 11 is 5.95. The van der Waals surface area contributed by atoms with Gasteiger partial charge in [0.1, 0.15) is 6.54 Å². The van der Waals surface area contributed by atoms with Crippen LogP contribution in [-0.2, 0) is 14.8 Å². The number of nitrogens with one attached hydrogen (secondary N) is 1. The Balaban J connectivity index is 2.16. The molecule has 0 fully saturated rings. The second-order valence-corrected chi connectivity index (χ2v) is 8.50. The number of carbonyl (C=O) groups excluding carboxylic acids is 1. The van der Waals surface area contributed by atoms with E-state index in [0.29, 0.717) is 22.2 Å². The van der Waals surface area contributed by atoms with Crippen molar-refractivity contribution in [3.63, 3.8) is 0 Å².